The molecule has 1 saturated heterocycles. The summed E-state index contributed by atoms with van der Waals surface area (Å²) in [5.41, 5.74) is 3.23. The molecule has 0 radical (unpaired) electrons. The van der Waals surface area contributed by atoms with Crippen molar-refractivity contribution < 1.29 is 4.79 Å². The fourth-order valence-electron chi connectivity index (χ4n) is 4.69. The minimum absolute atomic E-state index is 0.0915. The van der Waals surface area contributed by atoms with E-state index in [1.54, 1.807) is 0 Å². The molecule has 1 fully saturated rings. The van der Waals surface area contributed by atoms with Crippen LogP contribution >= 0.6 is 0 Å². The average molecular weight is 374 g/mol. The second kappa shape index (κ2) is 7.77. The lowest BCUT2D eigenvalue weighted by Gasteiger charge is -2.42. The second-order valence-corrected chi connectivity index (χ2v) is 7.94. The zero-order valence-electron chi connectivity index (χ0n) is 16.5. The summed E-state index contributed by atoms with van der Waals surface area (Å²) in [5.74, 6) is 0.218. The number of hydrogen-bond donors (Lipinski definition) is 0. The van der Waals surface area contributed by atoms with Gasteiger partial charge in [-0.05, 0) is 42.5 Å². The van der Waals surface area contributed by atoms with Crippen molar-refractivity contribution >= 4 is 5.91 Å². The molecule has 0 aliphatic carbocycles. The molecule has 144 valence electrons. The normalized spacial score (nSPS) is 21.6. The van der Waals surface area contributed by atoms with Gasteiger partial charge in [0.1, 0.15) is 0 Å². The molecule has 2 aliphatic rings. The van der Waals surface area contributed by atoms with Gasteiger partial charge in [0.25, 0.3) is 0 Å². The van der Waals surface area contributed by atoms with Crippen LogP contribution in [0.4, 0.5) is 0 Å². The number of carbonyl (C=O) groups is 1. The van der Waals surface area contributed by atoms with E-state index >= 15 is 0 Å². The Balaban J connectivity index is 1.49. The van der Waals surface area contributed by atoms with Crippen molar-refractivity contribution in [1.82, 2.24) is 9.80 Å². The first-order valence-electron chi connectivity index (χ1n) is 10.2. The zero-order valence-corrected chi connectivity index (χ0v) is 16.5. The number of likely N-dealkylation sites (tertiary alicyclic amines) is 1. The third-order valence-electron chi connectivity index (χ3n) is 6.51. The summed E-state index contributed by atoms with van der Waals surface area (Å²) >= 11 is 0. The first-order chi connectivity index (χ1) is 13.7. The summed E-state index contributed by atoms with van der Waals surface area (Å²) in [5, 5.41) is 9.90. The molecular weight excluding hydrogens is 346 g/mol. The van der Waals surface area contributed by atoms with Crippen LogP contribution in [0.3, 0.4) is 0 Å². The number of nitriles is 1. The Hall–Kier alpha value is -2.64. The van der Waals surface area contributed by atoms with E-state index in [-0.39, 0.29) is 11.9 Å². The maximum Gasteiger partial charge on any atom is 0.240 e. The van der Waals surface area contributed by atoms with Crippen molar-refractivity contribution in [3.8, 4) is 6.07 Å². The first kappa shape index (κ1) is 18.7. The lowest BCUT2D eigenvalue weighted by Crippen LogP contribution is -2.54. The second-order valence-electron chi connectivity index (χ2n) is 7.94. The van der Waals surface area contributed by atoms with E-state index in [2.05, 4.69) is 42.2 Å². The molecule has 2 heterocycles. The van der Waals surface area contributed by atoms with E-state index in [1.165, 1.54) is 11.1 Å². The minimum Gasteiger partial charge on any atom is -0.341 e. The molecule has 4 heteroatoms. The molecule has 0 aromatic heterocycles. The van der Waals surface area contributed by atoms with Gasteiger partial charge in [0.2, 0.25) is 5.91 Å². The smallest absolute Gasteiger partial charge is 0.240 e. The molecule has 0 saturated carbocycles. The Bertz CT molecular complexity index is 878. The Morgan fingerprint density at radius 3 is 2.36 bits per heavy atom. The Kier molecular flexibility index (Phi) is 5.19. The summed E-state index contributed by atoms with van der Waals surface area (Å²) in [6.45, 7) is 5.13. The molecule has 0 N–H and O–H groups in total. The summed E-state index contributed by atoms with van der Waals surface area (Å²) in [6.07, 6.45) is 2.19. The number of nitrogens with zero attached hydrogens (tertiary/aromatic N) is 3. The van der Waals surface area contributed by atoms with E-state index in [1.807, 2.05) is 35.2 Å². The van der Waals surface area contributed by atoms with Crippen LogP contribution in [-0.2, 0) is 23.2 Å². The maximum atomic E-state index is 13.4. The summed E-state index contributed by atoms with van der Waals surface area (Å²) in [4.78, 5) is 17.6. The molecule has 4 rings (SSSR count). The monoisotopic (exact) mass is 373 g/mol. The quantitative estimate of drug-likeness (QED) is 0.827. The predicted octanol–water partition coefficient (Wildman–Crippen LogP) is 3.52. The van der Waals surface area contributed by atoms with Gasteiger partial charge in [-0.25, -0.2) is 0 Å². The van der Waals surface area contributed by atoms with Crippen LogP contribution in [0.15, 0.2) is 54.6 Å². The van der Waals surface area contributed by atoms with Gasteiger partial charge in [0, 0.05) is 19.6 Å². The van der Waals surface area contributed by atoms with Crippen LogP contribution in [0.2, 0.25) is 0 Å². The standard InChI is InChI=1S/C24H27N3O/c1-2-26-17-20-9-7-6-8-19(20)16-22(26)23(28)27-14-12-24(18-25,13-15-27)21-10-4-3-5-11-21/h3-11,22H,2,12-17H2,1H3. The van der Waals surface area contributed by atoms with Gasteiger partial charge in [0.05, 0.1) is 17.5 Å². The van der Waals surface area contributed by atoms with Crippen molar-refractivity contribution in [3.05, 3.63) is 71.3 Å². The zero-order chi connectivity index (χ0) is 19.6. The highest BCUT2D eigenvalue weighted by Gasteiger charge is 2.40. The molecule has 1 amide bonds. The number of carbonyl (C=O) groups excluding carboxylic acids is 1. The molecule has 2 aromatic carbocycles. The molecule has 1 atom stereocenters. The van der Waals surface area contributed by atoms with E-state index in [4.69, 9.17) is 0 Å². The number of piperidine rings is 1. The van der Waals surface area contributed by atoms with Crippen LogP contribution in [-0.4, -0.2) is 41.4 Å². The highest BCUT2D eigenvalue weighted by Crippen LogP contribution is 2.35. The minimum atomic E-state index is -0.471. The Morgan fingerprint density at radius 1 is 1.07 bits per heavy atom. The summed E-state index contributed by atoms with van der Waals surface area (Å²) in [7, 11) is 0. The molecule has 0 bridgehead atoms. The average Bonchev–Trinajstić information content (AvgIpc) is 2.78. The van der Waals surface area contributed by atoms with Crippen LogP contribution in [0.1, 0.15) is 36.5 Å². The van der Waals surface area contributed by atoms with Crippen molar-refractivity contribution in [2.24, 2.45) is 0 Å². The predicted molar refractivity (Wildman–Crippen MR) is 110 cm³/mol. The SMILES string of the molecule is CCN1Cc2ccccc2CC1C(=O)N1CCC(C#N)(c2ccccc2)CC1. The largest absolute Gasteiger partial charge is 0.341 e. The van der Waals surface area contributed by atoms with Gasteiger partial charge in [0.15, 0.2) is 0 Å². The third kappa shape index (κ3) is 3.31. The number of likely N-dealkylation sites (N-methyl/N-ethyl adjacent to an activating group) is 1. The van der Waals surface area contributed by atoms with Crippen LogP contribution in [0, 0.1) is 11.3 Å². The fraction of sp³-hybridized carbons (Fsp3) is 0.417. The Labute approximate surface area is 167 Å². The van der Waals surface area contributed by atoms with Gasteiger partial charge < -0.3 is 4.90 Å². The summed E-state index contributed by atoms with van der Waals surface area (Å²) < 4.78 is 0. The Morgan fingerprint density at radius 2 is 1.71 bits per heavy atom. The molecule has 28 heavy (non-hydrogen) atoms. The molecule has 1 unspecified atom stereocenters. The van der Waals surface area contributed by atoms with Gasteiger partial charge >= 0.3 is 0 Å². The number of hydrogen-bond acceptors (Lipinski definition) is 3. The van der Waals surface area contributed by atoms with Crippen LogP contribution in [0.25, 0.3) is 0 Å². The maximum absolute atomic E-state index is 13.4. The lowest BCUT2D eigenvalue weighted by molar-refractivity contribution is -0.139. The molecule has 4 nitrogen and oxygen atoms in total. The number of rotatable bonds is 3. The van der Waals surface area contributed by atoms with Crippen LogP contribution in [0.5, 0.6) is 0 Å². The summed E-state index contributed by atoms with van der Waals surface area (Å²) in [6, 6.07) is 21.0. The molecular formula is C24H27N3O. The number of amides is 1. The number of benzene rings is 2. The van der Waals surface area contributed by atoms with Gasteiger partial charge in [-0.1, -0.05) is 61.5 Å². The van der Waals surface area contributed by atoms with Gasteiger partial charge in [-0.15, -0.1) is 0 Å². The van der Waals surface area contributed by atoms with E-state index in [9.17, 15) is 10.1 Å². The van der Waals surface area contributed by atoms with Crippen molar-refractivity contribution in [2.75, 3.05) is 19.6 Å². The van der Waals surface area contributed by atoms with Gasteiger partial charge in [-0.3, -0.25) is 9.69 Å². The van der Waals surface area contributed by atoms with Crippen molar-refractivity contribution in [1.29, 1.82) is 5.26 Å². The fourth-order valence-corrected chi connectivity index (χ4v) is 4.69. The topological polar surface area (TPSA) is 47.3 Å². The van der Waals surface area contributed by atoms with Crippen molar-refractivity contribution in [2.45, 2.75) is 44.2 Å². The van der Waals surface area contributed by atoms with Crippen molar-refractivity contribution in [3.63, 3.8) is 0 Å². The molecule has 2 aromatic rings. The lowest BCUT2D eigenvalue weighted by atomic mass is 9.74. The molecule has 2 aliphatic heterocycles. The number of fused-ring (bicyclic) bond motifs is 1. The first-order valence-corrected chi connectivity index (χ1v) is 10.2. The third-order valence-corrected chi connectivity index (χ3v) is 6.51. The van der Waals surface area contributed by atoms with E-state index in [0.717, 1.165) is 25.1 Å². The van der Waals surface area contributed by atoms with E-state index in [0.29, 0.717) is 25.9 Å². The van der Waals surface area contributed by atoms with Crippen LogP contribution < -0.4 is 0 Å². The van der Waals surface area contributed by atoms with E-state index < -0.39 is 5.41 Å². The highest BCUT2D eigenvalue weighted by molar-refractivity contribution is 5.83. The molecule has 0 spiro atoms. The highest BCUT2D eigenvalue weighted by atomic mass is 16.2. The van der Waals surface area contributed by atoms with Gasteiger partial charge in [-0.2, -0.15) is 5.26 Å².